The zero-order valence-corrected chi connectivity index (χ0v) is 16.4. The van der Waals surface area contributed by atoms with Gasteiger partial charge in [0.25, 0.3) is 5.91 Å². The number of carbonyl (C=O) groups excluding carboxylic acids is 1. The zero-order valence-electron chi connectivity index (χ0n) is 16.4. The Morgan fingerprint density at radius 1 is 0.964 bits per heavy atom. The first-order valence-corrected chi connectivity index (χ1v) is 10.1. The van der Waals surface area contributed by atoms with E-state index in [0.717, 1.165) is 58.7 Å². The number of amides is 1. The topological polar surface area (TPSA) is 32.8 Å². The van der Waals surface area contributed by atoms with E-state index < -0.39 is 0 Å². The average molecular weight is 384 g/mol. The number of nitrogens with zero attached hydrogens (tertiary/aromatic N) is 2. The van der Waals surface area contributed by atoms with Gasteiger partial charge in [-0.3, -0.25) is 4.79 Å². The monoisotopic (exact) mass is 384 g/mol. The summed E-state index contributed by atoms with van der Waals surface area (Å²) in [6.45, 7) is 5.73. The molecule has 1 fully saturated rings. The van der Waals surface area contributed by atoms with Gasteiger partial charge >= 0.3 is 0 Å². The van der Waals surface area contributed by atoms with Crippen LogP contribution in [0.1, 0.15) is 28.8 Å². The quantitative estimate of drug-likeness (QED) is 0.652. The summed E-state index contributed by atoms with van der Waals surface area (Å²) in [6.07, 6.45) is 2.88. The SMILES string of the molecule is O=C(c1cccc(F)c1)N1CCCN(CCCOCCc2ccccc2)CC1. The first-order chi connectivity index (χ1) is 13.7. The fraction of sp³-hybridized carbons (Fsp3) is 0.435. The lowest BCUT2D eigenvalue weighted by molar-refractivity contribution is 0.0759. The van der Waals surface area contributed by atoms with Crippen molar-refractivity contribution in [2.24, 2.45) is 0 Å². The Morgan fingerprint density at radius 3 is 2.64 bits per heavy atom. The molecule has 0 spiro atoms. The lowest BCUT2D eigenvalue weighted by Crippen LogP contribution is -2.35. The van der Waals surface area contributed by atoms with Crippen LogP contribution in [0.3, 0.4) is 0 Å². The van der Waals surface area contributed by atoms with Crippen molar-refractivity contribution in [1.82, 2.24) is 9.80 Å². The second kappa shape index (κ2) is 10.9. The van der Waals surface area contributed by atoms with Gasteiger partial charge in [0.1, 0.15) is 5.82 Å². The third-order valence-electron chi connectivity index (χ3n) is 5.09. The van der Waals surface area contributed by atoms with Gasteiger partial charge in [-0.2, -0.15) is 0 Å². The van der Waals surface area contributed by atoms with Crippen LogP contribution in [0, 0.1) is 5.82 Å². The Balaban J connectivity index is 1.33. The minimum absolute atomic E-state index is 0.0782. The van der Waals surface area contributed by atoms with Crippen LogP contribution in [0.5, 0.6) is 0 Å². The molecule has 0 aromatic heterocycles. The van der Waals surface area contributed by atoms with Crippen LogP contribution in [0.2, 0.25) is 0 Å². The molecule has 1 aliphatic heterocycles. The number of halogens is 1. The number of benzene rings is 2. The van der Waals surface area contributed by atoms with Gasteiger partial charge in [-0.15, -0.1) is 0 Å². The van der Waals surface area contributed by atoms with E-state index in [1.165, 1.54) is 17.7 Å². The molecule has 2 aromatic carbocycles. The molecule has 0 N–H and O–H groups in total. The van der Waals surface area contributed by atoms with Crippen LogP contribution in [0.15, 0.2) is 54.6 Å². The number of hydrogen-bond donors (Lipinski definition) is 0. The highest BCUT2D eigenvalue weighted by Gasteiger charge is 2.20. The third-order valence-corrected chi connectivity index (χ3v) is 5.09. The molecule has 150 valence electrons. The van der Waals surface area contributed by atoms with E-state index in [-0.39, 0.29) is 11.7 Å². The lowest BCUT2D eigenvalue weighted by Gasteiger charge is -2.22. The van der Waals surface area contributed by atoms with E-state index in [0.29, 0.717) is 12.1 Å². The third kappa shape index (κ3) is 6.43. The molecule has 0 unspecified atom stereocenters. The number of rotatable bonds is 8. The summed E-state index contributed by atoms with van der Waals surface area (Å²) in [5, 5.41) is 0. The summed E-state index contributed by atoms with van der Waals surface area (Å²) in [5.74, 6) is -0.444. The van der Waals surface area contributed by atoms with Crippen molar-refractivity contribution in [3.05, 3.63) is 71.5 Å². The Bertz CT molecular complexity index is 738. The molecule has 3 rings (SSSR count). The normalized spacial score (nSPS) is 15.4. The number of hydrogen-bond acceptors (Lipinski definition) is 3. The lowest BCUT2D eigenvalue weighted by atomic mass is 10.2. The summed E-state index contributed by atoms with van der Waals surface area (Å²) in [7, 11) is 0. The molecule has 5 heteroatoms. The molecule has 1 amide bonds. The van der Waals surface area contributed by atoms with Crippen molar-refractivity contribution in [3.8, 4) is 0 Å². The van der Waals surface area contributed by atoms with E-state index in [4.69, 9.17) is 4.74 Å². The van der Waals surface area contributed by atoms with Gasteiger partial charge in [0.05, 0.1) is 6.61 Å². The molecule has 0 atom stereocenters. The van der Waals surface area contributed by atoms with E-state index in [9.17, 15) is 9.18 Å². The summed E-state index contributed by atoms with van der Waals surface area (Å²) in [4.78, 5) is 16.8. The number of ether oxygens (including phenoxy) is 1. The summed E-state index contributed by atoms with van der Waals surface area (Å²) >= 11 is 0. The molecular formula is C23H29FN2O2. The molecule has 1 saturated heterocycles. The van der Waals surface area contributed by atoms with Gasteiger partial charge in [0, 0.05) is 38.3 Å². The zero-order chi connectivity index (χ0) is 19.6. The van der Waals surface area contributed by atoms with E-state index in [1.807, 2.05) is 11.0 Å². The van der Waals surface area contributed by atoms with E-state index in [1.54, 1.807) is 12.1 Å². The Labute approximate surface area is 166 Å². The van der Waals surface area contributed by atoms with Crippen molar-refractivity contribution < 1.29 is 13.9 Å². The minimum Gasteiger partial charge on any atom is -0.381 e. The molecule has 1 aliphatic rings. The van der Waals surface area contributed by atoms with Gasteiger partial charge in [0.2, 0.25) is 0 Å². The maximum atomic E-state index is 13.4. The standard InChI is InChI=1S/C23H29FN2O2/c24-22-10-4-9-21(19-22)23(27)26-14-5-12-25(15-16-26)13-6-17-28-18-11-20-7-2-1-3-8-20/h1-4,7-10,19H,5-6,11-18H2. The van der Waals surface area contributed by atoms with Crippen LogP contribution in [0.25, 0.3) is 0 Å². The molecule has 1 heterocycles. The van der Waals surface area contributed by atoms with Crippen LogP contribution >= 0.6 is 0 Å². The summed E-state index contributed by atoms with van der Waals surface area (Å²) in [6, 6.07) is 16.3. The molecule has 0 aliphatic carbocycles. The summed E-state index contributed by atoms with van der Waals surface area (Å²) < 4.78 is 19.1. The molecule has 2 aromatic rings. The second-order valence-corrected chi connectivity index (χ2v) is 7.20. The Hall–Kier alpha value is -2.24. The highest BCUT2D eigenvalue weighted by molar-refractivity contribution is 5.94. The minimum atomic E-state index is -0.366. The van der Waals surface area contributed by atoms with Crippen LogP contribution in [-0.2, 0) is 11.2 Å². The average Bonchev–Trinajstić information content (AvgIpc) is 2.96. The van der Waals surface area contributed by atoms with E-state index in [2.05, 4.69) is 29.2 Å². The molecule has 28 heavy (non-hydrogen) atoms. The first-order valence-electron chi connectivity index (χ1n) is 10.1. The Morgan fingerprint density at radius 2 is 1.82 bits per heavy atom. The highest BCUT2D eigenvalue weighted by atomic mass is 19.1. The summed E-state index contributed by atoms with van der Waals surface area (Å²) in [5.41, 5.74) is 1.73. The number of carbonyl (C=O) groups is 1. The molecule has 4 nitrogen and oxygen atoms in total. The van der Waals surface area contributed by atoms with Gasteiger partial charge in [-0.05, 0) is 49.6 Å². The van der Waals surface area contributed by atoms with Crippen molar-refractivity contribution in [3.63, 3.8) is 0 Å². The maximum Gasteiger partial charge on any atom is 0.254 e. The molecule has 0 radical (unpaired) electrons. The first kappa shape index (κ1) is 20.5. The van der Waals surface area contributed by atoms with Crippen LogP contribution in [-0.4, -0.2) is 61.6 Å². The highest BCUT2D eigenvalue weighted by Crippen LogP contribution is 2.11. The second-order valence-electron chi connectivity index (χ2n) is 7.20. The predicted molar refractivity (Wildman–Crippen MR) is 109 cm³/mol. The Kier molecular flexibility index (Phi) is 8.00. The molecular weight excluding hydrogens is 355 g/mol. The van der Waals surface area contributed by atoms with Crippen LogP contribution in [0.4, 0.5) is 4.39 Å². The van der Waals surface area contributed by atoms with Crippen molar-refractivity contribution in [1.29, 1.82) is 0 Å². The van der Waals surface area contributed by atoms with Crippen molar-refractivity contribution >= 4 is 5.91 Å². The van der Waals surface area contributed by atoms with Crippen LogP contribution < -0.4 is 0 Å². The fourth-order valence-corrected chi connectivity index (χ4v) is 3.53. The van der Waals surface area contributed by atoms with Crippen molar-refractivity contribution in [2.45, 2.75) is 19.3 Å². The van der Waals surface area contributed by atoms with Gasteiger partial charge in [-0.25, -0.2) is 4.39 Å². The largest absolute Gasteiger partial charge is 0.381 e. The fourth-order valence-electron chi connectivity index (χ4n) is 3.53. The predicted octanol–water partition coefficient (Wildman–Crippen LogP) is 3.62. The van der Waals surface area contributed by atoms with Crippen molar-refractivity contribution in [2.75, 3.05) is 45.9 Å². The van der Waals surface area contributed by atoms with Gasteiger partial charge in [-0.1, -0.05) is 36.4 Å². The molecule has 0 bridgehead atoms. The smallest absolute Gasteiger partial charge is 0.254 e. The maximum absolute atomic E-state index is 13.4. The van der Waals surface area contributed by atoms with E-state index >= 15 is 0 Å². The van der Waals surface area contributed by atoms with Gasteiger partial charge in [0.15, 0.2) is 0 Å². The molecule has 0 saturated carbocycles. The van der Waals surface area contributed by atoms with Gasteiger partial charge < -0.3 is 14.5 Å².